The van der Waals surface area contributed by atoms with E-state index in [1.54, 1.807) is 47.7 Å². The van der Waals surface area contributed by atoms with Crippen molar-refractivity contribution in [2.24, 2.45) is 0 Å². The van der Waals surface area contributed by atoms with Crippen LogP contribution in [-0.2, 0) is 10.0 Å². The van der Waals surface area contributed by atoms with Crippen LogP contribution in [0.5, 0.6) is 0 Å². The molecule has 0 bridgehead atoms. The van der Waals surface area contributed by atoms with Gasteiger partial charge >= 0.3 is 0 Å². The van der Waals surface area contributed by atoms with Gasteiger partial charge in [-0.3, -0.25) is 4.72 Å². The van der Waals surface area contributed by atoms with E-state index < -0.39 is 10.0 Å². The van der Waals surface area contributed by atoms with Crippen LogP contribution in [0.3, 0.4) is 0 Å². The molecule has 0 unspecified atom stereocenters. The average Bonchev–Trinajstić information content (AvgIpc) is 3.19. The highest BCUT2D eigenvalue weighted by Gasteiger charge is 2.15. The monoisotopic (exact) mass is 470 g/mol. The van der Waals surface area contributed by atoms with E-state index in [-0.39, 0.29) is 4.90 Å². The first-order valence-corrected chi connectivity index (χ1v) is 11.6. The van der Waals surface area contributed by atoms with E-state index in [1.807, 2.05) is 47.8 Å². The summed E-state index contributed by atoms with van der Waals surface area (Å²) in [6.07, 6.45) is 0. The van der Waals surface area contributed by atoms with E-state index in [0.29, 0.717) is 5.69 Å². The predicted molar refractivity (Wildman–Crippen MR) is 118 cm³/mol. The van der Waals surface area contributed by atoms with Crippen molar-refractivity contribution in [3.05, 3.63) is 88.7 Å². The second-order valence-electron chi connectivity index (χ2n) is 6.04. The number of benzene rings is 3. The zero-order chi connectivity index (χ0) is 19.6. The van der Waals surface area contributed by atoms with Crippen LogP contribution in [0.15, 0.2) is 93.6 Å². The molecule has 4 nitrogen and oxygen atoms in total. The Morgan fingerprint density at radius 1 is 0.857 bits per heavy atom. The number of nitrogens with zero attached hydrogens (tertiary/aromatic N) is 1. The maximum atomic E-state index is 12.6. The van der Waals surface area contributed by atoms with Crippen LogP contribution in [0.1, 0.15) is 0 Å². The topological polar surface area (TPSA) is 59.1 Å². The minimum atomic E-state index is -3.66. The lowest BCUT2D eigenvalue weighted by atomic mass is 10.1. The summed E-state index contributed by atoms with van der Waals surface area (Å²) < 4.78 is 28.7. The Bertz CT molecular complexity index is 1200. The first-order chi connectivity index (χ1) is 13.5. The van der Waals surface area contributed by atoms with Gasteiger partial charge in [0.05, 0.1) is 10.6 Å². The van der Waals surface area contributed by atoms with Gasteiger partial charge in [-0.15, -0.1) is 11.3 Å². The molecule has 0 radical (unpaired) electrons. The highest BCUT2D eigenvalue weighted by molar-refractivity contribution is 9.10. The molecule has 0 aliphatic carbocycles. The van der Waals surface area contributed by atoms with E-state index in [0.717, 1.165) is 26.3 Å². The lowest BCUT2D eigenvalue weighted by Crippen LogP contribution is -2.12. The maximum Gasteiger partial charge on any atom is 0.261 e. The number of hydrogen-bond donors (Lipinski definition) is 1. The molecule has 0 atom stereocenters. The van der Waals surface area contributed by atoms with Gasteiger partial charge in [0.25, 0.3) is 10.0 Å². The number of halogens is 1. The van der Waals surface area contributed by atoms with Crippen LogP contribution >= 0.6 is 27.3 Å². The smallest absolute Gasteiger partial charge is 0.261 e. The van der Waals surface area contributed by atoms with Crippen molar-refractivity contribution < 1.29 is 8.42 Å². The van der Waals surface area contributed by atoms with Gasteiger partial charge in [0, 0.05) is 26.7 Å². The van der Waals surface area contributed by atoms with Crippen molar-refractivity contribution >= 4 is 43.0 Å². The minimum Gasteiger partial charge on any atom is -0.280 e. The van der Waals surface area contributed by atoms with Crippen molar-refractivity contribution in [2.75, 3.05) is 4.72 Å². The molecule has 0 aliphatic rings. The molecule has 0 saturated carbocycles. The molecule has 1 aromatic heterocycles. The van der Waals surface area contributed by atoms with Crippen LogP contribution in [-0.4, -0.2) is 13.4 Å². The van der Waals surface area contributed by atoms with Crippen molar-refractivity contribution in [1.82, 2.24) is 4.98 Å². The fourth-order valence-corrected chi connectivity index (χ4v) is 4.84. The average molecular weight is 471 g/mol. The van der Waals surface area contributed by atoms with Crippen LogP contribution in [0.2, 0.25) is 0 Å². The summed E-state index contributed by atoms with van der Waals surface area (Å²) in [6, 6.07) is 23.7. The van der Waals surface area contributed by atoms with E-state index in [9.17, 15) is 8.42 Å². The molecule has 1 N–H and O–H groups in total. The highest BCUT2D eigenvalue weighted by Crippen LogP contribution is 2.30. The summed E-state index contributed by atoms with van der Waals surface area (Å²) in [5.74, 6) is 0. The molecule has 0 spiro atoms. The van der Waals surface area contributed by atoms with E-state index in [4.69, 9.17) is 4.98 Å². The SMILES string of the molecule is O=S(=O)(Nc1cccc(-c2csc(-c3ccccc3)n2)c1)c1ccc(Br)cc1. The Kier molecular flexibility index (Phi) is 5.30. The molecule has 0 saturated heterocycles. The Labute approximate surface area is 176 Å². The van der Waals surface area contributed by atoms with Crippen LogP contribution < -0.4 is 4.72 Å². The van der Waals surface area contributed by atoms with Crippen LogP contribution in [0.4, 0.5) is 5.69 Å². The fraction of sp³-hybridized carbons (Fsp3) is 0. The second kappa shape index (κ2) is 7.87. The normalized spacial score (nSPS) is 11.3. The van der Waals surface area contributed by atoms with Crippen LogP contribution in [0, 0.1) is 0 Å². The van der Waals surface area contributed by atoms with E-state index >= 15 is 0 Å². The lowest BCUT2D eigenvalue weighted by molar-refractivity contribution is 0.601. The number of nitrogens with one attached hydrogen (secondary N) is 1. The minimum absolute atomic E-state index is 0.209. The second-order valence-corrected chi connectivity index (χ2v) is 9.50. The zero-order valence-corrected chi connectivity index (χ0v) is 17.8. The van der Waals surface area contributed by atoms with Gasteiger partial charge < -0.3 is 0 Å². The van der Waals surface area contributed by atoms with Gasteiger partial charge in [-0.1, -0.05) is 58.4 Å². The first kappa shape index (κ1) is 18.9. The molecule has 4 aromatic rings. The molecule has 1 heterocycles. The number of thiazole rings is 1. The van der Waals surface area contributed by atoms with Gasteiger partial charge in [0.2, 0.25) is 0 Å². The Hall–Kier alpha value is -2.48. The Morgan fingerprint density at radius 3 is 2.32 bits per heavy atom. The lowest BCUT2D eigenvalue weighted by Gasteiger charge is -2.09. The number of anilines is 1. The highest BCUT2D eigenvalue weighted by atomic mass is 79.9. The molecule has 0 amide bonds. The summed E-state index contributed by atoms with van der Waals surface area (Å²) >= 11 is 4.87. The van der Waals surface area contributed by atoms with Gasteiger partial charge in [-0.25, -0.2) is 13.4 Å². The fourth-order valence-electron chi connectivity index (χ4n) is 2.69. The zero-order valence-electron chi connectivity index (χ0n) is 14.5. The van der Waals surface area contributed by atoms with E-state index in [1.165, 1.54) is 0 Å². The molecule has 7 heteroatoms. The molecule has 0 aliphatic heterocycles. The summed E-state index contributed by atoms with van der Waals surface area (Å²) in [6.45, 7) is 0. The molecule has 0 fully saturated rings. The molecule has 4 rings (SSSR count). The maximum absolute atomic E-state index is 12.6. The number of rotatable bonds is 5. The standard InChI is InChI=1S/C21H15BrN2O2S2/c22-17-9-11-19(12-10-17)28(25,26)24-18-8-4-7-16(13-18)20-14-27-21(23-20)15-5-2-1-3-6-15/h1-14,24H. The van der Waals surface area contributed by atoms with Crippen molar-refractivity contribution in [3.63, 3.8) is 0 Å². The van der Waals surface area contributed by atoms with Crippen molar-refractivity contribution in [3.8, 4) is 21.8 Å². The third kappa shape index (κ3) is 4.16. The summed E-state index contributed by atoms with van der Waals surface area (Å²) in [5, 5.41) is 2.90. The molecular formula is C21H15BrN2O2S2. The summed E-state index contributed by atoms with van der Waals surface area (Å²) in [5.41, 5.74) is 3.23. The Morgan fingerprint density at radius 2 is 1.57 bits per heavy atom. The third-order valence-electron chi connectivity index (χ3n) is 4.06. The first-order valence-electron chi connectivity index (χ1n) is 8.41. The summed E-state index contributed by atoms with van der Waals surface area (Å²) in [7, 11) is -3.66. The van der Waals surface area contributed by atoms with Crippen molar-refractivity contribution in [1.29, 1.82) is 0 Å². The third-order valence-corrected chi connectivity index (χ3v) is 6.88. The van der Waals surface area contributed by atoms with E-state index in [2.05, 4.69) is 20.7 Å². The largest absolute Gasteiger partial charge is 0.280 e. The van der Waals surface area contributed by atoms with Gasteiger partial charge in [0.15, 0.2) is 0 Å². The number of sulfonamides is 1. The number of aromatic nitrogens is 1. The van der Waals surface area contributed by atoms with Crippen molar-refractivity contribution in [2.45, 2.75) is 4.90 Å². The van der Waals surface area contributed by atoms with Crippen LogP contribution in [0.25, 0.3) is 21.8 Å². The van der Waals surface area contributed by atoms with Gasteiger partial charge in [0.1, 0.15) is 5.01 Å². The molecule has 28 heavy (non-hydrogen) atoms. The quantitative estimate of drug-likeness (QED) is 0.386. The predicted octanol–water partition coefficient (Wildman–Crippen LogP) is 6.04. The summed E-state index contributed by atoms with van der Waals surface area (Å²) in [4.78, 5) is 4.90. The number of hydrogen-bond acceptors (Lipinski definition) is 4. The Balaban J connectivity index is 1.60. The molecule has 3 aromatic carbocycles. The van der Waals surface area contributed by atoms with Gasteiger partial charge in [-0.05, 0) is 36.4 Å². The molecular weight excluding hydrogens is 456 g/mol. The van der Waals surface area contributed by atoms with Gasteiger partial charge in [-0.2, -0.15) is 0 Å². The molecule has 140 valence electrons.